The average Bonchev–Trinajstić information content (AvgIpc) is 3.23. The Labute approximate surface area is 151 Å². The maximum Gasteiger partial charge on any atom is 0.136 e. The van der Waals surface area contributed by atoms with E-state index in [4.69, 9.17) is 11.6 Å². The third-order valence-corrected chi connectivity index (χ3v) is 5.23. The van der Waals surface area contributed by atoms with Gasteiger partial charge in [0.15, 0.2) is 0 Å². The van der Waals surface area contributed by atoms with Crippen LogP contribution in [0.2, 0.25) is 5.02 Å². The first-order chi connectivity index (χ1) is 12.0. The standard InChI is InChI=1S/C16H15ClFN5OS/c1-25(24)23-8-10(6-20-23)15-12(17)7-19-13-2-3-14(21-16(13)15)22-5-4-11(18)9-22/h2-3,6-8,11H,4-5,9H2,1H3. The van der Waals surface area contributed by atoms with Gasteiger partial charge in [-0.3, -0.25) is 4.98 Å². The molecule has 0 amide bonds. The molecule has 25 heavy (non-hydrogen) atoms. The molecule has 2 atom stereocenters. The monoisotopic (exact) mass is 379 g/mol. The van der Waals surface area contributed by atoms with Gasteiger partial charge in [0, 0.05) is 36.3 Å². The van der Waals surface area contributed by atoms with Crippen LogP contribution >= 0.6 is 11.6 Å². The minimum Gasteiger partial charge on any atom is -0.354 e. The molecule has 1 aliphatic rings. The fourth-order valence-electron chi connectivity index (χ4n) is 2.98. The molecule has 9 heteroatoms. The van der Waals surface area contributed by atoms with Gasteiger partial charge in [-0.15, -0.1) is 0 Å². The van der Waals surface area contributed by atoms with Crippen molar-refractivity contribution in [2.75, 3.05) is 24.2 Å². The molecular weight excluding hydrogens is 365 g/mol. The third kappa shape index (κ3) is 3.00. The number of rotatable bonds is 3. The smallest absolute Gasteiger partial charge is 0.136 e. The summed E-state index contributed by atoms with van der Waals surface area (Å²) in [5, 5.41) is 4.53. The van der Waals surface area contributed by atoms with Crippen molar-refractivity contribution in [3.63, 3.8) is 0 Å². The van der Waals surface area contributed by atoms with Crippen LogP contribution in [0.5, 0.6) is 0 Å². The van der Waals surface area contributed by atoms with Gasteiger partial charge in [0.2, 0.25) is 0 Å². The van der Waals surface area contributed by atoms with Crippen molar-refractivity contribution in [1.82, 2.24) is 19.2 Å². The first-order valence-electron chi connectivity index (χ1n) is 7.76. The molecule has 3 aromatic rings. The number of pyridine rings is 2. The Bertz CT molecular complexity index is 978. The summed E-state index contributed by atoms with van der Waals surface area (Å²) in [6.45, 7) is 0.977. The van der Waals surface area contributed by atoms with E-state index in [1.54, 1.807) is 24.8 Å². The van der Waals surface area contributed by atoms with Crippen LogP contribution in [0.15, 0.2) is 30.7 Å². The number of anilines is 1. The molecule has 3 aromatic heterocycles. The van der Waals surface area contributed by atoms with Crippen molar-refractivity contribution < 1.29 is 8.60 Å². The molecule has 4 rings (SSSR count). The number of fused-ring (bicyclic) bond motifs is 1. The van der Waals surface area contributed by atoms with Crippen LogP contribution in [-0.4, -0.2) is 48.9 Å². The van der Waals surface area contributed by atoms with E-state index in [1.165, 1.54) is 4.09 Å². The molecule has 0 bridgehead atoms. The summed E-state index contributed by atoms with van der Waals surface area (Å²) in [4.78, 5) is 10.9. The zero-order valence-electron chi connectivity index (χ0n) is 13.4. The molecule has 2 unspecified atom stereocenters. The lowest BCUT2D eigenvalue weighted by atomic mass is 10.1. The van der Waals surface area contributed by atoms with Crippen LogP contribution in [0.4, 0.5) is 10.2 Å². The van der Waals surface area contributed by atoms with Gasteiger partial charge < -0.3 is 4.90 Å². The molecule has 0 aliphatic carbocycles. The number of hydrogen-bond acceptors (Lipinski definition) is 5. The Morgan fingerprint density at radius 3 is 2.88 bits per heavy atom. The van der Waals surface area contributed by atoms with Crippen LogP contribution in [0.1, 0.15) is 6.42 Å². The summed E-state index contributed by atoms with van der Waals surface area (Å²) in [5.74, 6) is 0.699. The van der Waals surface area contributed by atoms with Crippen molar-refractivity contribution in [1.29, 1.82) is 0 Å². The Balaban J connectivity index is 1.86. The van der Waals surface area contributed by atoms with Crippen molar-refractivity contribution in [2.45, 2.75) is 12.6 Å². The lowest BCUT2D eigenvalue weighted by Crippen LogP contribution is -2.21. The highest BCUT2D eigenvalue weighted by Gasteiger charge is 2.23. The molecule has 0 N–H and O–H groups in total. The van der Waals surface area contributed by atoms with Crippen molar-refractivity contribution in [3.8, 4) is 11.1 Å². The minimum atomic E-state index is -1.26. The Morgan fingerprint density at radius 1 is 1.36 bits per heavy atom. The zero-order valence-corrected chi connectivity index (χ0v) is 15.0. The molecule has 0 radical (unpaired) electrons. The topological polar surface area (TPSA) is 63.9 Å². The Hall–Kier alpha value is -2.06. The second-order valence-electron chi connectivity index (χ2n) is 5.91. The Morgan fingerprint density at radius 2 is 2.20 bits per heavy atom. The van der Waals surface area contributed by atoms with E-state index in [-0.39, 0.29) is 0 Å². The van der Waals surface area contributed by atoms with Gasteiger partial charge in [-0.1, -0.05) is 11.6 Å². The maximum absolute atomic E-state index is 13.5. The molecule has 130 valence electrons. The molecule has 1 fully saturated rings. The predicted molar refractivity (Wildman–Crippen MR) is 97.0 cm³/mol. The van der Waals surface area contributed by atoms with Crippen molar-refractivity contribution in [3.05, 3.63) is 35.7 Å². The fourth-order valence-corrected chi connectivity index (χ4v) is 3.67. The summed E-state index contributed by atoms with van der Waals surface area (Å²) < 4.78 is 26.5. The highest BCUT2D eigenvalue weighted by Crippen LogP contribution is 2.34. The van der Waals surface area contributed by atoms with Gasteiger partial charge in [-0.2, -0.15) is 9.19 Å². The van der Waals surface area contributed by atoms with E-state index < -0.39 is 17.2 Å². The second kappa shape index (κ2) is 6.34. The minimum absolute atomic E-state index is 0.342. The van der Waals surface area contributed by atoms with E-state index in [1.807, 2.05) is 17.0 Å². The summed E-state index contributed by atoms with van der Waals surface area (Å²) in [5.41, 5.74) is 2.70. The summed E-state index contributed by atoms with van der Waals surface area (Å²) >= 11 is 6.37. The molecule has 0 aromatic carbocycles. The first kappa shape index (κ1) is 16.4. The Kier molecular flexibility index (Phi) is 4.16. The lowest BCUT2D eigenvalue weighted by molar-refractivity contribution is 0.364. The van der Waals surface area contributed by atoms with Crippen LogP contribution < -0.4 is 4.90 Å². The van der Waals surface area contributed by atoms with E-state index >= 15 is 0 Å². The van der Waals surface area contributed by atoms with E-state index in [9.17, 15) is 8.60 Å². The number of aromatic nitrogens is 4. The molecular formula is C16H15ClFN5OS. The molecule has 1 aliphatic heterocycles. The quantitative estimate of drug-likeness (QED) is 0.700. The SMILES string of the molecule is CS(=O)n1cc(-c2c(Cl)cnc3ccc(N4CCC(F)C4)nc23)cn1. The summed E-state index contributed by atoms with van der Waals surface area (Å²) in [6.07, 6.45) is 6.05. The predicted octanol–water partition coefficient (Wildman–Crippen LogP) is 2.84. The number of halogens is 2. The number of nitrogens with zero attached hydrogens (tertiary/aromatic N) is 5. The summed E-state index contributed by atoms with van der Waals surface area (Å²) in [7, 11) is -1.26. The van der Waals surface area contributed by atoms with Gasteiger partial charge in [0.1, 0.15) is 28.5 Å². The zero-order chi connectivity index (χ0) is 17.6. The fraction of sp³-hybridized carbons (Fsp3) is 0.312. The number of hydrogen-bond donors (Lipinski definition) is 0. The highest BCUT2D eigenvalue weighted by molar-refractivity contribution is 7.82. The summed E-state index contributed by atoms with van der Waals surface area (Å²) in [6, 6.07) is 3.70. The van der Waals surface area contributed by atoms with E-state index in [0.29, 0.717) is 52.5 Å². The van der Waals surface area contributed by atoms with E-state index in [0.717, 1.165) is 0 Å². The van der Waals surface area contributed by atoms with Crippen molar-refractivity contribution >= 4 is 39.4 Å². The van der Waals surface area contributed by atoms with Crippen LogP contribution in [0.25, 0.3) is 22.2 Å². The lowest BCUT2D eigenvalue weighted by Gasteiger charge is -2.17. The number of alkyl halides is 1. The third-order valence-electron chi connectivity index (χ3n) is 4.22. The average molecular weight is 380 g/mol. The van der Waals surface area contributed by atoms with Crippen LogP contribution in [0, 0.1) is 0 Å². The van der Waals surface area contributed by atoms with Gasteiger partial charge in [0.05, 0.1) is 23.3 Å². The normalized spacial score (nSPS) is 18.8. The van der Waals surface area contributed by atoms with E-state index in [2.05, 4.69) is 15.1 Å². The highest BCUT2D eigenvalue weighted by atomic mass is 35.5. The molecule has 0 spiro atoms. The van der Waals surface area contributed by atoms with Gasteiger partial charge in [0.25, 0.3) is 0 Å². The molecule has 4 heterocycles. The van der Waals surface area contributed by atoms with Gasteiger partial charge >= 0.3 is 0 Å². The van der Waals surface area contributed by atoms with Gasteiger partial charge in [-0.05, 0) is 18.6 Å². The van der Waals surface area contributed by atoms with Crippen LogP contribution in [0.3, 0.4) is 0 Å². The molecule has 1 saturated heterocycles. The van der Waals surface area contributed by atoms with Crippen LogP contribution in [-0.2, 0) is 11.0 Å². The largest absolute Gasteiger partial charge is 0.354 e. The van der Waals surface area contributed by atoms with Gasteiger partial charge in [-0.25, -0.2) is 13.6 Å². The molecule has 0 saturated carbocycles. The first-order valence-corrected chi connectivity index (χ1v) is 9.65. The molecule has 6 nitrogen and oxygen atoms in total. The second-order valence-corrected chi connectivity index (χ2v) is 7.53. The van der Waals surface area contributed by atoms with Crippen molar-refractivity contribution in [2.24, 2.45) is 0 Å². The maximum atomic E-state index is 13.5.